The molecule has 0 aliphatic carbocycles. The van der Waals surface area contributed by atoms with E-state index in [0.29, 0.717) is 5.69 Å². The van der Waals surface area contributed by atoms with Gasteiger partial charge in [0.05, 0.1) is 0 Å². The maximum absolute atomic E-state index is 12.1. The SMILES string of the molecule is CC(=O)c1c2c(n(C)c1C)C(=O)NC(C)CC2. The predicted molar refractivity (Wildman–Crippen MR) is 65.4 cm³/mol. The number of carbonyl (C=O) groups is 2. The first-order valence-corrected chi connectivity index (χ1v) is 5.93. The Hall–Kier alpha value is -1.58. The zero-order chi connectivity index (χ0) is 12.7. The summed E-state index contributed by atoms with van der Waals surface area (Å²) in [5.74, 6) is -0.0233. The third kappa shape index (κ3) is 1.77. The molecular weight excluding hydrogens is 216 g/mol. The summed E-state index contributed by atoms with van der Waals surface area (Å²) < 4.78 is 1.83. The fourth-order valence-corrected chi connectivity index (χ4v) is 2.60. The molecule has 92 valence electrons. The van der Waals surface area contributed by atoms with Gasteiger partial charge in [0.25, 0.3) is 5.91 Å². The molecule has 0 aromatic carbocycles. The Morgan fingerprint density at radius 3 is 2.71 bits per heavy atom. The summed E-state index contributed by atoms with van der Waals surface area (Å²) in [6.07, 6.45) is 1.66. The van der Waals surface area contributed by atoms with Crippen LogP contribution in [-0.4, -0.2) is 22.3 Å². The van der Waals surface area contributed by atoms with Crippen LogP contribution < -0.4 is 5.32 Å². The lowest BCUT2D eigenvalue weighted by molar-refractivity contribution is 0.0933. The number of Topliss-reactive ketones (excluding diaryl/α,β-unsaturated/α-hetero) is 1. The largest absolute Gasteiger partial charge is 0.348 e. The molecular formula is C13H18N2O2. The van der Waals surface area contributed by atoms with Crippen LogP contribution in [0.3, 0.4) is 0 Å². The van der Waals surface area contributed by atoms with E-state index in [1.165, 1.54) is 0 Å². The van der Waals surface area contributed by atoms with Crippen molar-refractivity contribution in [2.24, 2.45) is 7.05 Å². The van der Waals surface area contributed by atoms with Crippen LogP contribution in [0.1, 0.15) is 52.4 Å². The van der Waals surface area contributed by atoms with Gasteiger partial charge in [-0.3, -0.25) is 9.59 Å². The molecule has 0 saturated carbocycles. The molecule has 4 heteroatoms. The van der Waals surface area contributed by atoms with E-state index in [4.69, 9.17) is 0 Å². The fourth-order valence-electron chi connectivity index (χ4n) is 2.60. The van der Waals surface area contributed by atoms with Gasteiger partial charge in [0, 0.05) is 24.3 Å². The molecule has 0 fully saturated rings. The first kappa shape index (κ1) is 11.9. The van der Waals surface area contributed by atoms with E-state index in [0.717, 1.165) is 29.7 Å². The molecule has 4 nitrogen and oxygen atoms in total. The van der Waals surface area contributed by atoms with Crippen LogP contribution >= 0.6 is 0 Å². The number of amides is 1. The summed E-state index contributed by atoms with van der Waals surface area (Å²) in [5, 5.41) is 2.95. The first-order valence-electron chi connectivity index (χ1n) is 5.93. The molecule has 1 aliphatic heterocycles. The van der Waals surface area contributed by atoms with Crippen LogP contribution in [-0.2, 0) is 13.5 Å². The van der Waals surface area contributed by atoms with Crippen LogP contribution in [0.25, 0.3) is 0 Å². The molecule has 0 bridgehead atoms. The number of hydrogen-bond acceptors (Lipinski definition) is 2. The van der Waals surface area contributed by atoms with E-state index in [1.54, 1.807) is 6.92 Å². The monoisotopic (exact) mass is 234 g/mol. The lowest BCUT2D eigenvalue weighted by Gasteiger charge is -2.10. The van der Waals surface area contributed by atoms with Crippen molar-refractivity contribution in [3.8, 4) is 0 Å². The number of fused-ring (bicyclic) bond motifs is 1. The molecule has 1 amide bonds. The van der Waals surface area contributed by atoms with Crippen molar-refractivity contribution < 1.29 is 9.59 Å². The Morgan fingerprint density at radius 1 is 1.47 bits per heavy atom. The quantitative estimate of drug-likeness (QED) is 0.750. The van der Waals surface area contributed by atoms with Gasteiger partial charge in [0.2, 0.25) is 0 Å². The molecule has 1 aromatic rings. The van der Waals surface area contributed by atoms with Gasteiger partial charge in [0.1, 0.15) is 5.69 Å². The number of carbonyl (C=O) groups excluding carboxylic acids is 2. The molecule has 2 heterocycles. The molecule has 1 aliphatic rings. The van der Waals surface area contributed by atoms with Crippen molar-refractivity contribution in [2.75, 3.05) is 0 Å². The summed E-state index contributed by atoms with van der Waals surface area (Å²) in [5.41, 5.74) is 3.18. The highest BCUT2D eigenvalue weighted by molar-refractivity contribution is 6.03. The van der Waals surface area contributed by atoms with Gasteiger partial charge < -0.3 is 9.88 Å². The highest BCUT2D eigenvalue weighted by atomic mass is 16.2. The molecule has 0 saturated heterocycles. The van der Waals surface area contributed by atoms with Crippen molar-refractivity contribution in [3.05, 3.63) is 22.5 Å². The predicted octanol–water partition coefficient (Wildman–Crippen LogP) is 1.60. The van der Waals surface area contributed by atoms with Crippen LogP contribution in [0.2, 0.25) is 0 Å². The molecule has 1 aromatic heterocycles. The Balaban J connectivity index is 2.66. The summed E-state index contributed by atoms with van der Waals surface area (Å²) in [7, 11) is 1.84. The van der Waals surface area contributed by atoms with Gasteiger partial charge in [-0.2, -0.15) is 0 Å². The van der Waals surface area contributed by atoms with Gasteiger partial charge in [-0.25, -0.2) is 0 Å². The maximum atomic E-state index is 12.1. The molecule has 17 heavy (non-hydrogen) atoms. The molecule has 0 radical (unpaired) electrons. The van der Waals surface area contributed by atoms with Crippen molar-refractivity contribution >= 4 is 11.7 Å². The second kappa shape index (κ2) is 4.02. The Bertz CT molecular complexity index is 500. The first-order chi connectivity index (χ1) is 7.93. The van der Waals surface area contributed by atoms with Crippen LogP contribution in [0, 0.1) is 6.92 Å². The number of hydrogen-bond donors (Lipinski definition) is 1. The third-order valence-electron chi connectivity index (χ3n) is 3.56. The van der Waals surface area contributed by atoms with E-state index in [9.17, 15) is 9.59 Å². The van der Waals surface area contributed by atoms with Gasteiger partial charge in [-0.15, -0.1) is 0 Å². The fraction of sp³-hybridized carbons (Fsp3) is 0.538. The van der Waals surface area contributed by atoms with Crippen molar-refractivity contribution in [3.63, 3.8) is 0 Å². The van der Waals surface area contributed by atoms with Crippen LogP contribution in [0.15, 0.2) is 0 Å². The normalized spacial score (nSPS) is 19.5. The topological polar surface area (TPSA) is 51.1 Å². The zero-order valence-corrected chi connectivity index (χ0v) is 10.8. The number of nitrogens with zero attached hydrogens (tertiary/aromatic N) is 1. The molecule has 1 N–H and O–H groups in total. The van der Waals surface area contributed by atoms with E-state index in [1.807, 2.05) is 25.5 Å². The Kier molecular flexibility index (Phi) is 2.81. The van der Waals surface area contributed by atoms with E-state index >= 15 is 0 Å². The minimum atomic E-state index is -0.0666. The van der Waals surface area contributed by atoms with Crippen molar-refractivity contribution in [2.45, 2.75) is 39.7 Å². The number of ketones is 1. The number of aromatic nitrogens is 1. The molecule has 2 rings (SSSR count). The van der Waals surface area contributed by atoms with Crippen LogP contribution in [0.4, 0.5) is 0 Å². The minimum Gasteiger partial charge on any atom is -0.348 e. The van der Waals surface area contributed by atoms with E-state index in [2.05, 4.69) is 5.32 Å². The lowest BCUT2D eigenvalue weighted by atomic mass is 10.0. The van der Waals surface area contributed by atoms with Gasteiger partial charge in [-0.05, 0) is 39.2 Å². The van der Waals surface area contributed by atoms with Crippen molar-refractivity contribution in [1.82, 2.24) is 9.88 Å². The Morgan fingerprint density at radius 2 is 2.12 bits per heavy atom. The number of nitrogens with one attached hydrogen (secondary N) is 1. The second-order valence-electron chi connectivity index (χ2n) is 4.82. The van der Waals surface area contributed by atoms with Crippen molar-refractivity contribution in [1.29, 1.82) is 0 Å². The van der Waals surface area contributed by atoms with Gasteiger partial charge >= 0.3 is 0 Å². The zero-order valence-electron chi connectivity index (χ0n) is 10.8. The summed E-state index contributed by atoms with van der Waals surface area (Å²) in [4.78, 5) is 23.8. The molecule has 0 spiro atoms. The maximum Gasteiger partial charge on any atom is 0.268 e. The summed E-state index contributed by atoms with van der Waals surface area (Å²) >= 11 is 0. The van der Waals surface area contributed by atoms with Gasteiger partial charge in [0.15, 0.2) is 5.78 Å². The smallest absolute Gasteiger partial charge is 0.268 e. The average molecular weight is 234 g/mol. The molecule has 1 atom stereocenters. The standard InChI is InChI=1S/C13H18N2O2/c1-7-5-6-10-11(9(3)16)8(2)15(4)12(10)13(17)14-7/h7H,5-6H2,1-4H3,(H,14,17). The second-order valence-corrected chi connectivity index (χ2v) is 4.82. The van der Waals surface area contributed by atoms with E-state index < -0.39 is 0 Å². The highest BCUT2D eigenvalue weighted by Crippen LogP contribution is 2.26. The van der Waals surface area contributed by atoms with Gasteiger partial charge in [-0.1, -0.05) is 0 Å². The lowest BCUT2D eigenvalue weighted by Crippen LogP contribution is -2.32. The number of rotatable bonds is 1. The minimum absolute atomic E-state index is 0.0432. The average Bonchev–Trinajstić information content (AvgIpc) is 2.38. The van der Waals surface area contributed by atoms with E-state index in [-0.39, 0.29) is 17.7 Å². The summed E-state index contributed by atoms with van der Waals surface area (Å²) in [6.45, 7) is 5.45. The highest BCUT2D eigenvalue weighted by Gasteiger charge is 2.28. The van der Waals surface area contributed by atoms with Crippen LogP contribution in [0.5, 0.6) is 0 Å². The molecule has 1 unspecified atom stereocenters. The third-order valence-corrected chi connectivity index (χ3v) is 3.56. The summed E-state index contributed by atoms with van der Waals surface area (Å²) in [6, 6.07) is 0.162. The Labute approximate surface area is 101 Å².